The molecule has 0 atom stereocenters. The second kappa shape index (κ2) is 8.50. The minimum Gasteiger partial charge on any atom is -0.312 e. The van der Waals surface area contributed by atoms with Crippen LogP contribution >= 0.6 is 0 Å². The molecule has 2 fully saturated rings. The molecule has 33 heavy (non-hydrogen) atoms. The molecular formula is C24H24N6O3. The van der Waals surface area contributed by atoms with Crippen molar-refractivity contribution in [2.24, 2.45) is 0 Å². The number of anilines is 1. The van der Waals surface area contributed by atoms with Crippen LogP contribution in [-0.2, 0) is 4.79 Å². The van der Waals surface area contributed by atoms with E-state index in [0.29, 0.717) is 43.7 Å². The molecule has 3 aromatic rings. The van der Waals surface area contributed by atoms with E-state index in [0.717, 1.165) is 17.8 Å². The first-order chi connectivity index (χ1) is 16.0. The molecule has 0 radical (unpaired) electrons. The molecule has 0 bridgehead atoms. The van der Waals surface area contributed by atoms with E-state index < -0.39 is 0 Å². The van der Waals surface area contributed by atoms with Gasteiger partial charge >= 0.3 is 0 Å². The van der Waals surface area contributed by atoms with E-state index in [9.17, 15) is 14.4 Å². The van der Waals surface area contributed by atoms with Gasteiger partial charge in [-0.15, -0.1) is 5.10 Å². The summed E-state index contributed by atoms with van der Waals surface area (Å²) in [6, 6.07) is 16.4. The molecule has 1 aromatic heterocycles. The first kappa shape index (κ1) is 20.9. The van der Waals surface area contributed by atoms with Crippen molar-refractivity contribution < 1.29 is 14.4 Å². The number of hydrazine groups is 1. The molecule has 9 nitrogen and oxygen atoms in total. The van der Waals surface area contributed by atoms with E-state index in [-0.39, 0.29) is 23.4 Å². The van der Waals surface area contributed by atoms with Crippen molar-refractivity contribution in [1.29, 1.82) is 0 Å². The Morgan fingerprint density at radius 2 is 1.48 bits per heavy atom. The Labute approximate surface area is 191 Å². The van der Waals surface area contributed by atoms with Crippen molar-refractivity contribution in [3.63, 3.8) is 0 Å². The summed E-state index contributed by atoms with van der Waals surface area (Å²) in [4.78, 5) is 41.6. The van der Waals surface area contributed by atoms with Gasteiger partial charge in [0.15, 0.2) is 5.69 Å². The average molecular weight is 444 g/mol. The molecule has 9 heteroatoms. The van der Waals surface area contributed by atoms with Crippen LogP contribution in [0.3, 0.4) is 0 Å². The van der Waals surface area contributed by atoms with Crippen LogP contribution in [0, 0.1) is 6.92 Å². The molecule has 2 saturated heterocycles. The number of carbonyl (C=O) groups is 3. The molecule has 0 N–H and O–H groups in total. The molecule has 5 rings (SSSR count). The Hall–Kier alpha value is -4.01. The van der Waals surface area contributed by atoms with Crippen molar-refractivity contribution >= 4 is 23.4 Å². The zero-order valence-corrected chi connectivity index (χ0v) is 18.3. The zero-order chi connectivity index (χ0) is 22.9. The summed E-state index contributed by atoms with van der Waals surface area (Å²) >= 11 is 0. The lowest BCUT2D eigenvalue weighted by Gasteiger charge is -2.27. The van der Waals surface area contributed by atoms with Crippen LogP contribution in [0.15, 0.2) is 54.6 Å². The molecule has 0 aliphatic carbocycles. The van der Waals surface area contributed by atoms with Gasteiger partial charge in [0, 0.05) is 37.3 Å². The highest BCUT2D eigenvalue weighted by molar-refractivity contribution is 6.00. The summed E-state index contributed by atoms with van der Waals surface area (Å²) in [5.74, 6) is -0.502. The summed E-state index contributed by atoms with van der Waals surface area (Å²) in [6.45, 7) is 3.31. The summed E-state index contributed by atoms with van der Waals surface area (Å²) < 4.78 is 0. The van der Waals surface area contributed by atoms with Gasteiger partial charge in [0.05, 0.1) is 11.4 Å². The van der Waals surface area contributed by atoms with Gasteiger partial charge in [-0.25, -0.2) is 10.0 Å². The summed E-state index contributed by atoms with van der Waals surface area (Å²) in [5.41, 5.74) is 2.74. The summed E-state index contributed by atoms with van der Waals surface area (Å²) in [7, 11) is 0. The van der Waals surface area contributed by atoms with Crippen molar-refractivity contribution in [2.75, 3.05) is 24.5 Å². The lowest BCUT2D eigenvalue weighted by molar-refractivity contribution is -0.117. The maximum Gasteiger partial charge on any atom is 0.294 e. The maximum atomic E-state index is 13.3. The van der Waals surface area contributed by atoms with Crippen molar-refractivity contribution in [1.82, 2.24) is 25.0 Å². The van der Waals surface area contributed by atoms with Crippen LogP contribution < -0.4 is 4.90 Å². The van der Waals surface area contributed by atoms with E-state index in [1.165, 1.54) is 14.8 Å². The second-order valence-corrected chi connectivity index (χ2v) is 8.16. The SMILES string of the molecule is Cc1nn(-c2ccccc2)nc1C(=O)N1CCCN1C(=O)c1ccc(N2CCCC2=O)cc1. The van der Waals surface area contributed by atoms with Crippen LogP contribution in [0.2, 0.25) is 0 Å². The Balaban J connectivity index is 1.35. The molecular weight excluding hydrogens is 420 g/mol. The number of aryl methyl sites for hydroxylation is 1. The highest BCUT2D eigenvalue weighted by Gasteiger charge is 2.34. The molecule has 168 valence electrons. The van der Waals surface area contributed by atoms with Crippen LogP contribution in [0.1, 0.15) is 45.8 Å². The van der Waals surface area contributed by atoms with Crippen LogP contribution in [0.25, 0.3) is 5.69 Å². The second-order valence-electron chi connectivity index (χ2n) is 8.16. The molecule has 2 aliphatic heterocycles. The van der Waals surface area contributed by atoms with E-state index in [4.69, 9.17) is 0 Å². The largest absolute Gasteiger partial charge is 0.312 e. The minimum absolute atomic E-state index is 0.101. The fourth-order valence-electron chi connectivity index (χ4n) is 4.26. The normalized spacial score (nSPS) is 16.0. The number of aromatic nitrogens is 3. The van der Waals surface area contributed by atoms with Crippen molar-refractivity contribution in [3.05, 3.63) is 71.5 Å². The first-order valence-corrected chi connectivity index (χ1v) is 11.1. The average Bonchev–Trinajstić information content (AvgIpc) is 3.59. The molecule has 3 amide bonds. The van der Waals surface area contributed by atoms with Crippen LogP contribution in [0.4, 0.5) is 5.69 Å². The molecule has 2 aliphatic rings. The third-order valence-corrected chi connectivity index (χ3v) is 5.97. The number of hydrogen-bond acceptors (Lipinski definition) is 5. The summed E-state index contributed by atoms with van der Waals surface area (Å²) in [6.07, 6.45) is 2.09. The smallest absolute Gasteiger partial charge is 0.294 e. The standard InChI is InChI=1S/C24H24N6O3/c1-17-22(26-30(25-17)20-7-3-2-4-8-20)24(33)29-16-6-15-28(29)23(32)18-10-12-19(13-11-18)27-14-5-9-21(27)31/h2-4,7-8,10-13H,5-6,9,14-16H2,1H3. The lowest BCUT2D eigenvalue weighted by Crippen LogP contribution is -2.45. The Bertz CT molecular complexity index is 1200. The van der Waals surface area contributed by atoms with Gasteiger partial charge in [-0.1, -0.05) is 18.2 Å². The Kier molecular flexibility index (Phi) is 5.37. The summed E-state index contributed by atoms with van der Waals surface area (Å²) in [5, 5.41) is 11.7. The van der Waals surface area contributed by atoms with Gasteiger partial charge in [-0.2, -0.15) is 9.90 Å². The zero-order valence-electron chi connectivity index (χ0n) is 18.3. The highest BCUT2D eigenvalue weighted by atomic mass is 16.2. The van der Waals surface area contributed by atoms with Crippen molar-refractivity contribution in [2.45, 2.75) is 26.2 Å². The van der Waals surface area contributed by atoms with Gasteiger partial charge in [0.2, 0.25) is 5.91 Å². The molecule has 3 heterocycles. The topological polar surface area (TPSA) is 91.6 Å². The third kappa shape index (κ3) is 3.86. The number of carbonyl (C=O) groups excluding carboxylic acids is 3. The van der Waals surface area contributed by atoms with Crippen molar-refractivity contribution in [3.8, 4) is 5.69 Å². The molecule has 2 aromatic carbocycles. The fraction of sp³-hybridized carbons (Fsp3) is 0.292. The van der Waals surface area contributed by atoms with E-state index in [1.807, 2.05) is 30.3 Å². The highest BCUT2D eigenvalue weighted by Crippen LogP contribution is 2.24. The first-order valence-electron chi connectivity index (χ1n) is 11.1. The number of nitrogens with zero attached hydrogens (tertiary/aromatic N) is 6. The quantitative estimate of drug-likeness (QED) is 0.617. The lowest BCUT2D eigenvalue weighted by atomic mass is 10.2. The molecule has 0 saturated carbocycles. The van der Waals surface area contributed by atoms with Crippen LogP contribution in [-0.4, -0.2) is 62.4 Å². The van der Waals surface area contributed by atoms with Gasteiger partial charge in [-0.3, -0.25) is 14.4 Å². The van der Waals surface area contributed by atoms with Gasteiger partial charge in [0.25, 0.3) is 11.8 Å². The number of benzene rings is 2. The van der Waals surface area contributed by atoms with E-state index in [1.54, 1.807) is 36.1 Å². The monoisotopic (exact) mass is 444 g/mol. The van der Waals surface area contributed by atoms with E-state index >= 15 is 0 Å². The minimum atomic E-state index is -0.347. The fourth-order valence-corrected chi connectivity index (χ4v) is 4.26. The predicted octanol–water partition coefficient (Wildman–Crippen LogP) is 2.61. The molecule has 0 unspecified atom stereocenters. The van der Waals surface area contributed by atoms with Gasteiger partial charge in [0.1, 0.15) is 0 Å². The maximum absolute atomic E-state index is 13.3. The number of amides is 3. The number of rotatable bonds is 4. The molecule has 0 spiro atoms. The predicted molar refractivity (Wildman–Crippen MR) is 121 cm³/mol. The van der Waals surface area contributed by atoms with Crippen LogP contribution in [0.5, 0.6) is 0 Å². The number of para-hydroxylation sites is 1. The van der Waals surface area contributed by atoms with E-state index in [2.05, 4.69) is 10.2 Å². The van der Waals surface area contributed by atoms with Gasteiger partial charge < -0.3 is 4.90 Å². The van der Waals surface area contributed by atoms with Gasteiger partial charge in [-0.05, 0) is 56.2 Å². The third-order valence-electron chi connectivity index (χ3n) is 5.97. The number of hydrogen-bond donors (Lipinski definition) is 0. The Morgan fingerprint density at radius 1 is 0.788 bits per heavy atom. The Morgan fingerprint density at radius 3 is 2.15 bits per heavy atom.